The van der Waals surface area contributed by atoms with Crippen molar-refractivity contribution in [2.24, 2.45) is 4.99 Å². The fourth-order valence-corrected chi connectivity index (χ4v) is 3.34. The third-order valence-electron chi connectivity index (χ3n) is 4.85. The summed E-state index contributed by atoms with van der Waals surface area (Å²) >= 11 is 5.83. The lowest BCUT2D eigenvalue weighted by Gasteiger charge is -2.14. The first kappa shape index (κ1) is 23.0. The van der Waals surface area contributed by atoms with Gasteiger partial charge in [-0.25, -0.2) is 4.98 Å². The predicted molar refractivity (Wildman–Crippen MR) is 129 cm³/mol. The molecular formula is C24H24ClN5O2. The maximum atomic E-state index is 12.8. The third kappa shape index (κ3) is 5.12. The molecule has 2 aromatic carbocycles. The van der Waals surface area contributed by atoms with Gasteiger partial charge < -0.3 is 15.5 Å². The number of hydrogen-bond acceptors (Lipinski definition) is 5. The molecular weight excluding hydrogens is 426 g/mol. The number of benzene rings is 2. The molecule has 164 valence electrons. The zero-order valence-electron chi connectivity index (χ0n) is 16.8. The summed E-state index contributed by atoms with van der Waals surface area (Å²) in [4.78, 5) is 36.1. The molecule has 1 aromatic heterocycles. The van der Waals surface area contributed by atoms with Crippen LogP contribution in [0.15, 0.2) is 71.9 Å². The van der Waals surface area contributed by atoms with Crippen molar-refractivity contribution in [2.75, 3.05) is 30.8 Å². The van der Waals surface area contributed by atoms with E-state index in [2.05, 4.69) is 25.5 Å². The summed E-state index contributed by atoms with van der Waals surface area (Å²) in [6, 6.07) is 17.3. The molecule has 0 saturated carbocycles. The smallest absolute Gasteiger partial charge is 0.258 e. The molecule has 0 unspecified atom stereocenters. The van der Waals surface area contributed by atoms with Crippen molar-refractivity contribution in [1.29, 1.82) is 0 Å². The maximum Gasteiger partial charge on any atom is 0.258 e. The minimum atomic E-state index is -0.386. The Morgan fingerprint density at radius 2 is 1.72 bits per heavy atom. The Balaban J connectivity index is 0.00000289. The van der Waals surface area contributed by atoms with E-state index in [0.29, 0.717) is 27.7 Å². The van der Waals surface area contributed by atoms with Crippen LogP contribution in [0, 0.1) is 0 Å². The lowest BCUT2D eigenvalue weighted by molar-refractivity contribution is 0.102. The number of nitrogens with one attached hydrogen (secondary N) is 2. The highest BCUT2D eigenvalue weighted by Gasteiger charge is 2.17. The predicted octanol–water partition coefficient (Wildman–Crippen LogP) is 4.57. The monoisotopic (exact) mass is 449 g/mol. The number of nitrogens with zero attached hydrogens (tertiary/aromatic N) is 3. The molecule has 0 bridgehead atoms. The van der Waals surface area contributed by atoms with Gasteiger partial charge in [0.2, 0.25) is 0 Å². The highest BCUT2D eigenvalue weighted by atomic mass is 35.5. The number of amidine groups is 1. The summed E-state index contributed by atoms with van der Waals surface area (Å²) in [7, 11) is 1.99. The number of carbonyl (C=O) groups excluding carboxylic acids is 2. The normalized spacial score (nSPS) is 12.6. The van der Waals surface area contributed by atoms with Crippen LogP contribution < -0.4 is 10.6 Å². The lowest BCUT2D eigenvalue weighted by atomic mass is 10.1. The molecule has 0 saturated heterocycles. The highest BCUT2D eigenvalue weighted by molar-refractivity contribution is 6.30. The Bertz CT molecular complexity index is 1140. The number of carbonyl (C=O) groups is 2. The summed E-state index contributed by atoms with van der Waals surface area (Å²) in [6.07, 6.45) is 1.45. The average molecular weight is 450 g/mol. The van der Waals surface area contributed by atoms with Crippen molar-refractivity contribution < 1.29 is 9.59 Å². The summed E-state index contributed by atoms with van der Waals surface area (Å²) in [5.41, 5.74) is 2.18. The Morgan fingerprint density at radius 1 is 0.969 bits per heavy atom. The SMILES string of the molecule is C.CN1CCN=C1c1ccc(C(=O)Nc2ccccc2C(=O)Nc2ccc(Cl)cn2)cc1. The van der Waals surface area contributed by atoms with Crippen LogP contribution in [0.1, 0.15) is 33.7 Å². The molecule has 32 heavy (non-hydrogen) atoms. The van der Waals surface area contributed by atoms with E-state index in [0.717, 1.165) is 24.5 Å². The van der Waals surface area contributed by atoms with Gasteiger partial charge in [-0.15, -0.1) is 0 Å². The number of likely N-dealkylation sites (N-methyl/N-ethyl adjacent to an activating group) is 1. The van der Waals surface area contributed by atoms with Crippen LogP contribution in [-0.2, 0) is 0 Å². The number of aliphatic imine (C=N–C) groups is 1. The van der Waals surface area contributed by atoms with Crippen LogP contribution in [0.4, 0.5) is 11.5 Å². The molecule has 0 fully saturated rings. The summed E-state index contributed by atoms with van der Waals surface area (Å²) in [6.45, 7) is 1.67. The number of amides is 2. The molecule has 0 aliphatic carbocycles. The third-order valence-corrected chi connectivity index (χ3v) is 5.08. The zero-order chi connectivity index (χ0) is 21.8. The Kier molecular flexibility index (Phi) is 7.22. The number of anilines is 2. The number of halogens is 1. The van der Waals surface area contributed by atoms with E-state index in [4.69, 9.17) is 11.6 Å². The van der Waals surface area contributed by atoms with E-state index in [1.54, 1.807) is 48.5 Å². The van der Waals surface area contributed by atoms with E-state index in [1.807, 2.05) is 19.2 Å². The average Bonchev–Trinajstić information content (AvgIpc) is 3.21. The quantitative estimate of drug-likeness (QED) is 0.597. The van der Waals surface area contributed by atoms with Gasteiger partial charge in [-0.05, 0) is 36.4 Å². The Hall–Kier alpha value is -3.71. The first-order chi connectivity index (χ1) is 15.0. The van der Waals surface area contributed by atoms with E-state index < -0.39 is 0 Å². The minimum Gasteiger partial charge on any atom is -0.358 e. The number of aromatic nitrogens is 1. The van der Waals surface area contributed by atoms with Gasteiger partial charge in [0.05, 0.1) is 22.8 Å². The van der Waals surface area contributed by atoms with Crippen LogP contribution in [0.5, 0.6) is 0 Å². The van der Waals surface area contributed by atoms with Gasteiger partial charge >= 0.3 is 0 Å². The van der Waals surface area contributed by atoms with Crippen LogP contribution in [-0.4, -0.2) is 47.7 Å². The van der Waals surface area contributed by atoms with Gasteiger partial charge in [0.1, 0.15) is 11.7 Å². The highest BCUT2D eigenvalue weighted by Crippen LogP contribution is 2.19. The molecule has 1 aliphatic rings. The minimum absolute atomic E-state index is 0. The summed E-state index contributed by atoms with van der Waals surface area (Å²) < 4.78 is 0. The Labute approximate surface area is 192 Å². The van der Waals surface area contributed by atoms with Gasteiger partial charge in [-0.2, -0.15) is 0 Å². The van der Waals surface area contributed by atoms with Gasteiger partial charge in [0, 0.05) is 30.9 Å². The first-order valence-corrected chi connectivity index (χ1v) is 10.1. The summed E-state index contributed by atoms with van der Waals surface area (Å²) in [5.74, 6) is 0.595. The summed E-state index contributed by atoms with van der Waals surface area (Å²) in [5, 5.41) is 6.00. The van der Waals surface area contributed by atoms with Crippen molar-refractivity contribution in [1.82, 2.24) is 9.88 Å². The maximum absolute atomic E-state index is 12.8. The standard InChI is InChI=1S/C23H20ClN5O2.CH4/c1-29-13-12-25-21(29)15-6-8-16(9-7-15)22(30)27-19-5-3-2-4-18(19)23(31)28-20-11-10-17(24)14-26-20;/h2-11,14H,12-13H2,1H3,(H,27,30)(H,26,28,31);1H4. The molecule has 2 heterocycles. The number of pyridine rings is 1. The number of para-hydroxylation sites is 1. The topological polar surface area (TPSA) is 86.7 Å². The molecule has 8 heteroatoms. The largest absolute Gasteiger partial charge is 0.358 e. The van der Waals surface area contributed by atoms with E-state index in [9.17, 15) is 9.59 Å². The molecule has 4 rings (SSSR count). The molecule has 0 spiro atoms. The van der Waals surface area contributed by atoms with Crippen molar-refractivity contribution in [3.05, 3.63) is 88.6 Å². The molecule has 0 atom stereocenters. The first-order valence-electron chi connectivity index (χ1n) is 9.70. The number of hydrogen-bond donors (Lipinski definition) is 2. The second-order valence-electron chi connectivity index (χ2n) is 7.02. The van der Waals surface area contributed by atoms with E-state index in [1.165, 1.54) is 6.20 Å². The fraction of sp³-hybridized carbons (Fsp3) is 0.167. The molecule has 3 aromatic rings. The number of rotatable bonds is 5. The van der Waals surface area contributed by atoms with Crippen LogP contribution >= 0.6 is 11.6 Å². The van der Waals surface area contributed by atoms with Gasteiger partial charge in [0.15, 0.2) is 0 Å². The molecule has 2 amide bonds. The molecule has 2 N–H and O–H groups in total. The van der Waals surface area contributed by atoms with E-state index in [-0.39, 0.29) is 19.2 Å². The van der Waals surface area contributed by atoms with Crippen LogP contribution in [0.2, 0.25) is 5.02 Å². The van der Waals surface area contributed by atoms with Crippen LogP contribution in [0.25, 0.3) is 0 Å². The van der Waals surface area contributed by atoms with Crippen LogP contribution in [0.3, 0.4) is 0 Å². The van der Waals surface area contributed by atoms with E-state index >= 15 is 0 Å². The van der Waals surface area contributed by atoms with Gasteiger partial charge in [0.25, 0.3) is 11.8 Å². The Morgan fingerprint density at radius 3 is 2.38 bits per heavy atom. The second-order valence-corrected chi connectivity index (χ2v) is 7.46. The molecule has 7 nitrogen and oxygen atoms in total. The molecule has 1 aliphatic heterocycles. The van der Waals surface area contributed by atoms with Gasteiger partial charge in [-0.1, -0.05) is 43.3 Å². The molecule has 0 radical (unpaired) electrons. The fourth-order valence-electron chi connectivity index (χ4n) is 3.23. The van der Waals surface area contributed by atoms with Crippen molar-refractivity contribution in [3.8, 4) is 0 Å². The van der Waals surface area contributed by atoms with Crippen molar-refractivity contribution in [3.63, 3.8) is 0 Å². The van der Waals surface area contributed by atoms with Crippen molar-refractivity contribution >= 4 is 40.8 Å². The second kappa shape index (κ2) is 10.1. The zero-order valence-corrected chi connectivity index (χ0v) is 17.6. The van der Waals surface area contributed by atoms with Crippen molar-refractivity contribution in [2.45, 2.75) is 7.43 Å². The van der Waals surface area contributed by atoms with Gasteiger partial charge in [-0.3, -0.25) is 14.6 Å². The lowest BCUT2D eigenvalue weighted by Crippen LogP contribution is -2.23.